The Labute approximate surface area is 513 Å². The first-order valence-corrected chi connectivity index (χ1v) is 30.8. The van der Waals surface area contributed by atoms with E-state index in [9.17, 15) is 28.8 Å². The molecule has 4 saturated heterocycles. The molecule has 8 heterocycles. The van der Waals surface area contributed by atoms with E-state index < -0.39 is 11.2 Å². The smallest absolute Gasteiger partial charge is 0.410 e. The van der Waals surface area contributed by atoms with E-state index in [-0.39, 0.29) is 84.9 Å². The van der Waals surface area contributed by atoms with Gasteiger partial charge in [0.25, 0.3) is 11.8 Å². The predicted molar refractivity (Wildman–Crippen MR) is 326 cm³/mol. The molecule has 4 N–H and O–H groups in total. The summed E-state index contributed by atoms with van der Waals surface area (Å²) >= 11 is 13.0. The zero-order chi connectivity index (χ0) is 61.5. The van der Waals surface area contributed by atoms with Crippen molar-refractivity contribution in [1.82, 2.24) is 50.2 Å². The van der Waals surface area contributed by atoms with E-state index in [4.69, 9.17) is 42.1 Å². The van der Waals surface area contributed by atoms with Gasteiger partial charge in [0, 0.05) is 112 Å². The number of likely N-dealkylation sites (tertiary alicyclic amines) is 2. The van der Waals surface area contributed by atoms with Crippen LogP contribution in [-0.4, -0.2) is 176 Å². The number of fused-ring (bicyclic) bond motifs is 2. The quantitative estimate of drug-likeness (QED) is 0.0919. The van der Waals surface area contributed by atoms with Gasteiger partial charge in [-0.05, 0) is 142 Å². The van der Waals surface area contributed by atoms with Crippen LogP contribution in [0.25, 0.3) is 22.5 Å². The molecule has 4 atom stereocenters. The minimum Gasteiger partial charge on any atom is -0.444 e. The molecule has 2 aromatic carbocycles. The van der Waals surface area contributed by atoms with Gasteiger partial charge < -0.3 is 59.8 Å². The number of benzene rings is 2. The molecule has 0 radical (unpaired) electrons. The lowest BCUT2D eigenvalue weighted by molar-refractivity contribution is -0.123. The van der Waals surface area contributed by atoms with Crippen LogP contribution in [-0.2, 0) is 41.6 Å². The van der Waals surface area contributed by atoms with Gasteiger partial charge in [0.15, 0.2) is 0 Å². The average Bonchev–Trinajstić information content (AvgIpc) is 2.07. The molecule has 0 unspecified atom stereocenters. The van der Waals surface area contributed by atoms with E-state index in [2.05, 4.69) is 41.2 Å². The highest BCUT2D eigenvalue weighted by molar-refractivity contribution is 6.33. The third kappa shape index (κ3) is 16.8. The second kappa shape index (κ2) is 27.9. The number of nitrogens with one attached hydrogen (secondary N) is 4. The number of nitrogens with zero attached hydrogens (tertiary/aromatic N) is 8. The van der Waals surface area contributed by atoms with Crippen molar-refractivity contribution >= 4 is 70.9 Å². The summed E-state index contributed by atoms with van der Waals surface area (Å²) in [4.78, 5) is 102. The van der Waals surface area contributed by atoms with Gasteiger partial charge in [-0.25, -0.2) is 29.5 Å². The predicted octanol–water partition coefficient (Wildman–Crippen LogP) is 8.99. The number of halogens is 2. The fraction of sp³-hybridized carbons (Fsp3) is 0.581. The van der Waals surface area contributed by atoms with Crippen LogP contribution in [0, 0.1) is 11.8 Å². The molecule has 0 aliphatic carbocycles. The molecule has 4 aromatic rings. The van der Waals surface area contributed by atoms with Crippen LogP contribution < -0.4 is 21.3 Å². The molecule has 86 heavy (non-hydrogen) atoms. The van der Waals surface area contributed by atoms with Crippen molar-refractivity contribution in [2.75, 3.05) is 76.3 Å². The fourth-order valence-corrected chi connectivity index (χ4v) is 12.0. The number of piperidine rings is 2. The topological polar surface area (TPSA) is 252 Å². The third-order valence-electron chi connectivity index (χ3n) is 16.2. The van der Waals surface area contributed by atoms with Crippen molar-refractivity contribution in [2.24, 2.45) is 11.8 Å². The van der Waals surface area contributed by atoms with Crippen molar-refractivity contribution in [3.05, 3.63) is 81.1 Å². The van der Waals surface area contributed by atoms with Crippen LogP contribution in [0.1, 0.15) is 139 Å². The van der Waals surface area contributed by atoms with Gasteiger partial charge in [-0.3, -0.25) is 19.2 Å². The van der Waals surface area contributed by atoms with Crippen molar-refractivity contribution in [3.8, 4) is 22.5 Å². The largest absolute Gasteiger partial charge is 0.444 e. The lowest BCUT2D eigenvalue weighted by Gasteiger charge is -2.36. The molecule has 10 rings (SSSR count). The van der Waals surface area contributed by atoms with E-state index in [0.717, 1.165) is 62.5 Å². The van der Waals surface area contributed by atoms with Gasteiger partial charge in [0.2, 0.25) is 23.7 Å². The highest BCUT2D eigenvalue weighted by Gasteiger charge is 2.36. The first kappa shape index (κ1) is 63.6. The van der Waals surface area contributed by atoms with Gasteiger partial charge in [-0.2, -0.15) is 0 Å². The zero-order valence-electron chi connectivity index (χ0n) is 50.6. The number of amides is 6. The zero-order valence-corrected chi connectivity index (χ0v) is 52.2. The molecular weight excluding hydrogens is 1140 g/mol. The molecule has 2 aromatic heterocycles. The molecule has 6 aliphatic rings. The number of aromatic nitrogens is 4. The lowest BCUT2D eigenvalue weighted by Crippen LogP contribution is -2.50. The van der Waals surface area contributed by atoms with Gasteiger partial charge in [0.05, 0.1) is 33.8 Å². The lowest BCUT2D eigenvalue weighted by atomic mass is 9.91. The maximum atomic E-state index is 13.3. The number of carbonyl (C=O) groups is 6. The van der Waals surface area contributed by atoms with E-state index in [0.29, 0.717) is 121 Å². The summed E-state index contributed by atoms with van der Waals surface area (Å²) < 4.78 is 21.9. The minimum absolute atomic E-state index is 0.0525. The Morgan fingerprint density at radius 1 is 0.605 bits per heavy atom. The van der Waals surface area contributed by atoms with Crippen molar-refractivity contribution in [2.45, 2.75) is 155 Å². The Morgan fingerprint density at radius 3 is 1.36 bits per heavy atom. The fourth-order valence-electron chi connectivity index (χ4n) is 11.6. The second-order valence-corrected chi connectivity index (χ2v) is 26.1. The number of hydrogen-bond acceptors (Lipinski definition) is 16. The monoisotopic (exact) mass is 1220 g/mol. The molecule has 4 fully saturated rings. The maximum Gasteiger partial charge on any atom is 0.410 e. The number of hydrogen-bond donors (Lipinski definition) is 4. The Balaban J connectivity index is 0.000000205. The highest BCUT2D eigenvalue weighted by Crippen LogP contribution is 2.34. The second-order valence-electron chi connectivity index (χ2n) is 25.3. The van der Waals surface area contributed by atoms with Crippen LogP contribution in [0.3, 0.4) is 0 Å². The number of carbonyl (C=O) groups excluding carboxylic acids is 6. The van der Waals surface area contributed by atoms with E-state index in [1.807, 2.05) is 79.7 Å². The third-order valence-corrected chi connectivity index (χ3v) is 16.8. The number of ether oxygens (including phenoxy) is 4. The van der Waals surface area contributed by atoms with Gasteiger partial charge in [-0.15, -0.1) is 0 Å². The van der Waals surface area contributed by atoms with Crippen LogP contribution in [0.2, 0.25) is 10.0 Å². The first-order chi connectivity index (χ1) is 40.9. The summed E-state index contributed by atoms with van der Waals surface area (Å²) in [5.74, 6) is 0.288. The van der Waals surface area contributed by atoms with Crippen molar-refractivity contribution < 1.29 is 47.7 Å². The standard InChI is InChI=1S/2C31H41ClN6O5/c2*1-19(21-6-5-11-37(16-21)30(41)43-31(2,3)4)34-26(39)18-38-17-22-8-7-20(14-24(22)28(38)40)27-25(32)15-33-29(36-27)35-23-9-12-42-13-10-23/h2*7-8,14-15,19,21,23H,5-6,9-13,16-18H2,1-4H3,(H,34,39)(H,33,35,36)/t19-,21+;19-,21-/m11/s1. The summed E-state index contributed by atoms with van der Waals surface area (Å²) in [7, 11) is 0. The molecule has 464 valence electrons. The van der Waals surface area contributed by atoms with Crippen molar-refractivity contribution in [3.63, 3.8) is 0 Å². The van der Waals surface area contributed by atoms with Crippen LogP contribution in [0.5, 0.6) is 0 Å². The summed E-state index contributed by atoms with van der Waals surface area (Å²) in [6, 6.07) is 11.3. The van der Waals surface area contributed by atoms with E-state index >= 15 is 0 Å². The minimum atomic E-state index is -0.559. The van der Waals surface area contributed by atoms with E-state index in [1.165, 1.54) is 0 Å². The molecular formula is C62H82Cl2N12O10. The normalized spacial score (nSPS) is 20.0. The molecule has 24 heteroatoms. The van der Waals surface area contributed by atoms with E-state index in [1.54, 1.807) is 44.1 Å². The molecule has 6 amide bonds. The summed E-state index contributed by atoms with van der Waals surface area (Å²) in [6.45, 7) is 20.7. The Bertz CT molecular complexity index is 2920. The molecule has 22 nitrogen and oxygen atoms in total. The summed E-state index contributed by atoms with van der Waals surface area (Å²) in [5.41, 5.74) is 4.15. The molecule has 0 saturated carbocycles. The number of anilines is 2. The average molecular weight is 1230 g/mol. The molecule has 6 aliphatic heterocycles. The Kier molecular flexibility index (Phi) is 20.6. The van der Waals surface area contributed by atoms with Crippen LogP contribution in [0.4, 0.5) is 21.5 Å². The highest BCUT2D eigenvalue weighted by atomic mass is 35.5. The Hall–Kier alpha value is -6.88. The van der Waals surface area contributed by atoms with Crippen LogP contribution >= 0.6 is 23.2 Å². The maximum absolute atomic E-state index is 13.3. The molecule has 0 spiro atoms. The number of rotatable bonds is 14. The van der Waals surface area contributed by atoms with Crippen molar-refractivity contribution in [1.29, 1.82) is 0 Å². The van der Waals surface area contributed by atoms with Gasteiger partial charge in [-0.1, -0.05) is 47.5 Å². The van der Waals surface area contributed by atoms with Gasteiger partial charge in [0.1, 0.15) is 24.3 Å². The SMILES string of the molecule is C[C@@H](NC(=O)CN1Cc2ccc(-c3nc(NC4CCOCC4)ncc3Cl)cc2C1=O)[C@@H]1CCCN(C(=O)OC(C)(C)C)C1.C[C@@H](NC(=O)CN1Cc2ccc(-c3nc(NC4CCOCC4)ncc3Cl)cc2C1=O)[C@H]1CCCN(C(=O)OC(C)(C)C)C1. The first-order valence-electron chi connectivity index (χ1n) is 30.1. The Morgan fingerprint density at radius 2 is 0.988 bits per heavy atom. The van der Waals surface area contributed by atoms with Crippen LogP contribution in [0.15, 0.2) is 48.8 Å². The summed E-state index contributed by atoms with van der Waals surface area (Å²) in [6.07, 6.45) is 9.47. The van der Waals surface area contributed by atoms with Gasteiger partial charge >= 0.3 is 12.2 Å². The molecule has 0 bridgehead atoms. The summed E-state index contributed by atoms with van der Waals surface area (Å²) in [5, 5.41) is 13.6.